The fourth-order valence-electron chi connectivity index (χ4n) is 3.00. The van der Waals surface area contributed by atoms with Gasteiger partial charge in [0.1, 0.15) is 0 Å². The average Bonchev–Trinajstić information content (AvgIpc) is 2.61. The minimum Gasteiger partial charge on any atom is -0.493 e. The number of carbonyl (C=O) groups is 1. The van der Waals surface area contributed by atoms with Crippen LogP contribution in [0.4, 0.5) is 0 Å². The third-order valence-corrected chi connectivity index (χ3v) is 5.57. The Morgan fingerprint density at radius 2 is 1.96 bits per heavy atom. The van der Waals surface area contributed by atoms with Crippen molar-refractivity contribution >= 4 is 17.7 Å². The molecule has 0 saturated carbocycles. The van der Waals surface area contributed by atoms with Gasteiger partial charge in [0.15, 0.2) is 11.5 Å². The molecule has 1 atom stereocenters. The highest BCUT2D eigenvalue weighted by Crippen LogP contribution is 2.32. The van der Waals surface area contributed by atoms with Crippen LogP contribution in [0.25, 0.3) is 0 Å². The lowest BCUT2D eigenvalue weighted by molar-refractivity contribution is -0.132. The summed E-state index contributed by atoms with van der Waals surface area (Å²) in [4.78, 5) is 15.4. The van der Waals surface area contributed by atoms with E-state index >= 15 is 0 Å². The van der Waals surface area contributed by atoms with Crippen LogP contribution in [-0.4, -0.2) is 49.9 Å². The highest BCUT2D eigenvalue weighted by molar-refractivity contribution is 7.99. The predicted molar refractivity (Wildman–Crippen MR) is 97.8 cm³/mol. The Labute approximate surface area is 148 Å². The van der Waals surface area contributed by atoms with Crippen molar-refractivity contribution < 1.29 is 14.3 Å². The van der Waals surface area contributed by atoms with Crippen molar-refractivity contribution in [3.05, 3.63) is 18.2 Å². The summed E-state index contributed by atoms with van der Waals surface area (Å²) in [6.07, 6.45) is 2.60. The summed E-state index contributed by atoms with van der Waals surface area (Å²) in [6.45, 7) is 3.74. The number of amides is 1. The van der Waals surface area contributed by atoms with E-state index in [0.717, 1.165) is 42.3 Å². The Morgan fingerprint density at radius 1 is 1.29 bits per heavy atom. The Hall–Kier alpha value is -1.40. The largest absolute Gasteiger partial charge is 0.493 e. The summed E-state index contributed by atoms with van der Waals surface area (Å²) in [7, 11) is 3.25. The van der Waals surface area contributed by atoms with Crippen LogP contribution in [0.15, 0.2) is 23.1 Å². The number of carbonyl (C=O) groups excluding carboxylic acids is 1. The molecule has 1 amide bonds. The van der Waals surface area contributed by atoms with Gasteiger partial charge in [-0.1, -0.05) is 0 Å². The van der Waals surface area contributed by atoms with Crippen molar-refractivity contribution in [2.45, 2.75) is 37.1 Å². The van der Waals surface area contributed by atoms with E-state index in [1.54, 1.807) is 26.0 Å². The van der Waals surface area contributed by atoms with Crippen molar-refractivity contribution in [3.63, 3.8) is 0 Å². The molecule has 1 aliphatic heterocycles. The lowest BCUT2D eigenvalue weighted by Gasteiger charge is -2.33. The van der Waals surface area contributed by atoms with Gasteiger partial charge < -0.3 is 20.1 Å². The highest BCUT2D eigenvalue weighted by Gasteiger charge is 2.24. The van der Waals surface area contributed by atoms with Crippen LogP contribution in [0.5, 0.6) is 11.5 Å². The van der Waals surface area contributed by atoms with Gasteiger partial charge in [-0.15, -0.1) is 11.8 Å². The van der Waals surface area contributed by atoms with E-state index in [1.165, 1.54) is 0 Å². The first kappa shape index (κ1) is 18.9. The molecule has 2 rings (SSSR count). The molecule has 1 unspecified atom stereocenters. The smallest absolute Gasteiger partial charge is 0.223 e. The second kappa shape index (κ2) is 9.18. The van der Waals surface area contributed by atoms with Crippen molar-refractivity contribution in [2.75, 3.05) is 33.1 Å². The van der Waals surface area contributed by atoms with E-state index in [4.69, 9.17) is 15.2 Å². The average molecular weight is 353 g/mol. The molecular formula is C18H28N2O3S. The molecule has 1 aliphatic rings. The molecule has 6 heteroatoms. The number of piperidine rings is 1. The number of likely N-dealkylation sites (tertiary alicyclic amines) is 1. The zero-order valence-electron chi connectivity index (χ0n) is 14.8. The fraction of sp³-hybridized carbons (Fsp3) is 0.611. The maximum absolute atomic E-state index is 12.3. The second-order valence-electron chi connectivity index (χ2n) is 6.19. The summed E-state index contributed by atoms with van der Waals surface area (Å²) >= 11 is 1.66. The minimum absolute atomic E-state index is 0.225. The normalized spacial score (nSPS) is 16.8. The Kier molecular flexibility index (Phi) is 7.24. The number of hydrogen-bond donors (Lipinski definition) is 1. The zero-order valence-corrected chi connectivity index (χ0v) is 15.6. The molecule has 0 aromatic heterocycles. The van der Waals surface area contributed by atoms with Crippen LogP contribution >= 0.6 is 11.8 Å². The number of hydrogen-bond acceptors (Lipinski definition) is 5. The Bertz CT molecular complexity index is 543. The van der Waals surface area contributed by atoms with Crippen LogP contribution in [0.2, 0.25) is 0 Å². The van der Waals surface area contributed by atoms with Gasteiger partial charge in [0.05, 0.1) is 14.2 Å². The van der Waals surface area contributed by atoms with Gasteiger partial charge >= 0.3 is 0 Å². The van der Waals surface area contributed by atoms with Gasteiger partial charge in [-0.05, 0) is 43.9 Å². The summed E-state index contributed by atoms with van der Waals surface area (Å²) in [5, 5.41) is 0. The summed E-state index contributed by atoms with van der Waals surface area (Å²) in [5.74, 6) is 2.99. The molecule has 0 spiro atoms. The molecule has 134 valence electrons. The molecule has 0 bridgehead atoms. The maximum atomic E-state index is 12.3. The number of ether oxygens (including phenoxy) is 2. The molecule has 1 aromatic carbocycles. The molecule has 1 saturated heterocycles. The number of rotatable bonds is 7. The van der Waals surface area contributed by atoms with Crippen LogP contribution in [0, 0.1) is 5.92 Å². The molecular weight excluding hydrogens is 324 g/mol. The van der Waals surface area contributed by atoms with Crippen LogP contribution < -0.4 is 15.2 Å². The summed E-state index contributed by atoms with van der Waals surface area (Å²) in [6, 6.07) is 6.05. The molecule has 24 heavy (non-hydrogen) atoms. The van der Waals surface area contributed by atoms with Gasteiger partial charge in [0.25, 0.3) is 0 Å². The highest BCUT2D eigenvalue weighted by atomic mass is 32.2. The van der Waals surface area contributed by atoms with Gasteiger partial charge in [-0.3, -0.25) is 4.79 Å². The van der Waals surface area contributed by atoms with Gasteiger partial charge in [0, 0.05) is 36.2 Å². The van der Waals surface area contributed by atoms with Crippen molar-refractivity contribution in [1.29, 1.82) is 0 Å². The Balaban J connectivity index is 1.77. The third-order valence-electron chi connectivity index (χ3n) is 4.58. The quantitative estimate of drug-likeness (QED) is 0.765. The van der Waals surface area contributed by atoms with E-state index in [9.17, 15) is 4.79 Å². The lowest BCUT2D eigenvalue weighted by Crippen LogP contribution is -2.42. The Morgan fingerprint density at radius 3 is 2.54 bits per heavy atom. The van der Waals surface area contributed by atoms with Crippen LogP contribution in [0.3, 0.4) is 0 Å². The summed E-state index contributed by atoms with van der Waals surface area (Å²) in [5.41, 5.74) is 5.95. The first-order valence-electron chi connectivity index (χ1n) is 8.43. The molecule has 2 N–H and O–H groups in total. The predicted octanol–water partition coefficient (Wildman–Crippen LogP) is 2.77. The second-order valence-corrected chi connectivity index (χ2v) is 7.36. The number of nitrogens with two attached hydrogens (primary N) is 1. The summed E-state index contributed by atoms with van der Waals surface area (Å²) < 4.78 is 10.5. The van der Waals surface area contributed by atoms with E-state index in [0.29, 0.717) is 18.1 Å². The topological polar surface area (TPSA) is 64.8 Å². The van der Waals surface area contributed by atoms with E-state index < -0.39 is 0 Å². The fourth-order valence-corrected chi connectivity index (χ4v) is 3.86. The van der Waals surface area contributed by atoms with Gasteiger partial charge in [-0.2, -0.15) is 0 Å². The van der Waals surface area contributed by atoms with Crippen molar-refractivity contribution in [2.24, 2.45) is 11.7 Å². The molecule has 1 heterocycles. The van der Waals surface area contributed by atoms with Crippen molar-refractivity contribution in [3.8, 4) is 11.5 Å². The zero-order chi connectivity index (χ0) is 17.5. The first-order valence-corrected chi connectivity index (χ1v) is 9.42. The van der Waals surface area contributed by atoms with Crippen LogP contribution in [0.1, 0.15) is 26.2 Å². The van der Waals surface area contributed by atoms with E-state index in [2.05, 4.69) is 6.92 Å². The SMILES string of the molecule is COc1ccc(SCCC(=O)N2CCC(C(C)N)CC2)cc1OC. The van der Waals surface area contributed by atoms with E-state index in [-0.39, 0.29) is 11.9 Å². The van der Waals surface area contributed by atoms with Gasteiger partial charge in [-0.25, -0.2) is 0 Å². The number of nitrogens with zero attached hydrogens (tertiary/aromatic N) is 1. The molecule has 5 nitrogen and oxygen atoms in total. The van der Waals surface area contributed by atoms with Gasteiger partial charge in [0.2, 0.25) is 5.91 Å². The maximum Gasteiger partial charge on any atom is 0.223 e. The monoisotopic (exact) mass is 352 g/mol. The van der Waals surface area contributed by atoms with Crippen LogP contribution in [-0.2, 0) is 4.79 Å². The van der Waals surface area contributed by atoms with E-state index in [1.807, 2.05) is 23.1 Å². The number of methoxy groups -OCH3 is 2. The minimum atomic E-state index is 0.225. The molecule has 1 fully saturated rings. The molecule has 0 radical (unpaired) electrons. The molecule has 0 aliphatic carbocycles. The lowest BCUT2D eigenvalue weighted by atomic mass is 9.91. The standard InChI is InChI=1S/C18H28N2O3S/c1-13(19)14-6-9-20(10-7-14)18(21)8-11-24-15-4-5-16(22-2)17(12-15)23-3/h4-5,12-14H,6-11,19H2,1-3H3. The third kappa shape index (κ3) is 5.05. The van der Waals surface area contributed by atoms with Crippen molar-refractivity contribution in [1.82, 2.24) is 4.90 Å². The molecule has 1 aromatic rings. The first-order chi connectivity index (χ1) is 11.5. The number of thioether (sulfide) groups is 1. The number of benzene rings is 1.